The molecule has 0 aliphatic carbocycles. The Balaban J connectivity index is 2.16. The highest BCUT2D eigenvalue weighted by Crippen LogP contribution is 2.18. The molecule has 0 spiro atoms. The molecule has 1 heterocycles. The van der Waals surface area contributed by atoms with Crippen LogP contribution >= 0.6 is 0 Å². The Labute approximate surface area is 104 Å². The van der Waals surface area contributed by atoms with Crippen LogP contribution in [0.25, 0.3) is 11.4 Å². The van der Waals surface area contributed by atoms with Crippen molar-refractivity contribution in [3.8, 4) is 11.4 Å². The molecule has 1 aromatic heterocycles. The van der Waals surface area contributed by atoms with Crippen LogP contribution < -0.4 is 11.1 Å². The van der Waals surface area contributed by atoms with Gasteiger partial charge in [-0.25, -0.2) is 0 Å². The van der Waals surface area contributed by atoms with Crippen molar-refractivity contribution in [2.24, 2.45) is 5.73 Å². The second-order valence-electron chi connectivity index (χ2n) is 3.82. The van der Waals surface area contributed by atoms with Gasteiger partial charge in [0.25, 0.3) is 0 Å². The summed E-state index contributed by atoms with van der Waals surface area (Å²) in [4.78, 5) is 11.7. The second kappa shape index (κ2) is 5.37. The van der Waals surface area contributed by atoms with Gasteiger partial charge >= 0.3 is 0 Å². The van der Waals surface area contributed by atoms with Crippen LogP contribution in [0.2, 0.25) is 0 Å². The number of carbonyl (C=O) groups excluding carboxylic acids is 1. The lowest BCUT2D eigenvalue weighted by atomic mass is 10.1. The van der Waals surface area contributed by atoms with Crippen molar-refractivity contribution in [2.75, 3.05) is 5.32 Å². The average Bonchev–Trinajstić information content (AvgIpc) is 2.92. The summed E-state index contributed by atoms with van der Waals surface area (Å²) >= 11 is 0. The van der Waals surface area contributed by atoms with Crippen LogP contribution in [0.1, 0.15) is 13.3 Å². The Hall–Kier alpha value is -2.28. The number of hydrogen-bond donors (Lipinski definition) is 3. The Morgan fingerprint density at radius 1 is 1.56 bits per heavy atom. The molecule has 0 fully saturated rings. The smallest absolute Gasteiger partial charge is 0.241 e. The lowest BCUT2D eigenvalue weighted by Crippen LogP contribution is -2.34. The topological polar surface area (TPSA) is 110 Å². The summed E-state index contributed by atoms with van der Waals surface area (Å²) in [5, 5.41) is 16.4. The molecule has 4 N–H and O–H groups in total. The van der Waals surface area contributed by atoms with E-state index in [0.29, 0.717) is 17.9 Å². The van der Waals surface area contributed by atoms with E-state index < -0.39 is 6.04 Å². The Kier molecular flexibility index (Phi) is 3.63. The lowest BCUT2D eigenvalue weighted by Gasteiger charge is -2.10. The number of carbonyl (C=O) groups is 1. The van der Waals surface area contributed by atoms with Gasteiger partial charge in [-0.3, -0.25) is 4.79 Å². The van der Waals surface area contributed by atoms with Crippen LogP contribution in [0.4, 0.5) is 5.69 Å². The Morgan fingerprint density at radius 2 is 2.39 bits per heavy atom. The summed E-state index contributed by atoms with van der Waals surface area (Å²) in [7, 11) is 0. The fourth-order valence-electron chi connectivity index (χ4n) is 1.44. The SMILES string of the molecule is CC[C@@H](N)C(=O)Nc1cccc(-c2nn[nH]n2)c1. The fourth-order valence-corrected chi connectivity index (χ4v) is 1.44. The zero-order valence-corrected chi connectivity index (χ0v) is 9.92. The molecule has 0 saturated carbocycles. The fraction of sp³-hybridized carbons (Fsp3) is 0.273. The molecule has 7 nitrogen and oxygen atoms in total. The minimum Gasteiger partial charge on any atom is -0.325 e. The lowest BCUT2D eigenvalue weighted by molar-refractivity contribution is -0.117. The largest absolute Gasteiger partial charge is 0.325 e. The number of amides is 1. The van der Waals surface area contributed by atoms with E-state index in [1.807, 2.05) is 13.0 Å². The number of rotatable bonds is 4. The molecular weight excluding hydrogens is 232 g/mol. The number of nitrogens with two attached hydrogens (primary N) is 1. The number of hydrogen-bond acceptors (Lipinski definition) is 5. The van der Waals surface area contributed by atoms with Crippen LogP contribution in [-0.2, 0) is 4.79 Å². The highest BCUT2D eigenvalue weighted by Gasteiger charge is 2.11. The van der Waals surface area contributed by atoms with Gasteiger partial charge in [-0.1, -0.05) is 19.1 Å². The average molecular weight is 246 g/mol. The first-order valence-corrected chi connectivity index (χ1v) is 5.61. The van der Waals surface area contributed by atoms with Crippen LogP contribution in [0.15, 0.2) is 24.3 Å². The van der Waals surface area contributed by atoms with Gasteiger partial charge in [0.1, 0.15) is 0 Å². The highest BCUT2D eigenvalue weighted by molar-refractivity contribution is 5.95. The summed E-state index contributed by atoms with van der Waals surface area (Å²) in [6, 6.07) is 6.69. The number of H-pyrrole nitrogens is 1. The van der Waals surface area contributed by atoms with Crippen LogP contribution in [-0.4, -0.2) is 32.6 Å². The first-order chi connectivity index (χ1) is 8.70. The molecule has 1 aromatic carbocycles. The molecule has 0 radical (unpaired) electrons. The quantitative estimate of drug-likeness (QED) is 0.729. The molecule has 0 bridgehead atoms. The summed E-state index contributed by atoms with van der Waals surface area (Å²) in [6.45, 7) is 1.86. The van der Waals surface area contributed by atoms with Crippen molar-refractivity contribution in [2.45, 2.75) is 19.4 Å². The molecule has 0 saturated heterocycles. The van der Waals surface area contributed by atoms with E-state index in [1.165, 1.54) is 0 Å². The van der Waals surface area contributed by atoms with E-state index in [4.69, 9.17) is 5.73 Å². The molecule has 7 heteroatoms. The van der Waals surface area contributed by atoms with E-state index in [9.17, 15) is 4.79 Å². The van der Waals surface area contributed by atoms with Gasteiger partial charge in [0.15, 0.2) is 0 Å². The molecule has 1 atom stereocenters. The molecule has 1 amide bonds. The van der Waals surface area contributed by atoms with Gasteiger partial charge in [0, 0.05) is 11.3 Å². The molecule has 0 unspecified atom stereocenters. The molecule has 2 aromatic rings. The zero-order valence-electron chi connectivity index (χ0n) is 9.92. The number of aromatic nitrogens is 4. The minimum atomic E-state index is -0.501. The van der Waals surface area contributed by atoms with Crippen molar-refractivity contribution in [1.29, 1.82) is 0 Å². The molecule has 18 heavy (non-hydrogen) atoms. The highest BCUT2D eigenvalue weighted by atomic mass is 16.2. The standard InChI is InChI=1S/C11H14N6O/c1-2-9(12)11(18)13-8-5-3-4-7(6-8)10-14-16-17-15-10/h3-6,9H,2,12H2,1H3,(H,13,18)(H,14,15,16,17)/t9-/m1/s1. The summed E-state index contributed by atoms with van der Waals surface area (Å²) in [5.74, 6) is 0.272. The second-order valence-corrected chi connectivity index (χ2v) is 3.82. The van der Waals surface area contributed by atoms with Crippen molar-refractivity contribution >= 4 is 11.6 Å². The van der Waals surface area contributed by atoms with Crippen molar-refractivity contribution < 1.29 is 4.79 Å². The minimum absolute atomic E-state index is 0.206. The molecule has 94 valence electrons. The molecule has 2 rings (SSSR count). The number of aromatic amines is 1. The number of nitrogens with one attached hydrogen (secondary N) is 2. The van der Waals surface area contributed by atoms with Gasteiger partial charge in [0.2, 0.25) is 11.7 Å². The molecular formula is C11H14N6O. The van der Waals surface area contributed by atoms with Crippen molar-refractivity contribution in [3.63, 3.8) is 0 Å². The number of benzene rings is 1. The zero-order chi connectivity index (χ0) is 13.0. The maximum absolute atomic E-state index is 11.7. The number of anilines is 1. The van der Waals surface area contributed by atoms with Gasteiger partial charge in [0.05, 0.1) is 6.04 Å². The maximum atomic E-state index is 11.7. The summed E-state index contributed by atoms with van der Waals surface area (Å²) in [6.07, 6.45) is 0.594. The Morgan fingerprint density at radius 3 is 3.06 bits per heavy atom. The van der Waals surface area contributed by atoms with E-state index in [-0.39, 0.29) is 5.91 Å². The third kappa shape index (κ3) is 2.69. The predicted molar refractivity (Wildman–Crippen MR) is 66.5 cm³/mol. The van der Waals surface area contributed by atoms with E-state index in [1.54, 1.807) is 18.2 Å². The maximum Gasteiger partial charge on any atom is 0.241 e. The summed E-state index contributed by atoms with van der Waals surface area (Å²) in [5.41, 5.74) is 7.07. The van der Waals surface area contributed by atoms with E-state index in [2.05, 4.69) is 25.9 Å². The summed E-state index contributed by atoms with van der Waals surface area (Å²) < 4.78 is 0. The van der Waals surface area contributed by atoms with E-state index >= 15 is 0 Å². The molecule has 0 aliphatic heterocycles. The van der Waals surface area contributed by atoms with Crippen molar-refractivity contribution in [1.82, 2.24) is 20.6 Å². The normalized spacial score (nSPS) is 12.1. The monoisotopic (exact) mass is 246 g/mol. The van der Waals surface area contributed by atoms with Crippen LogP contribution in [0.5, 0.6) is 0 Å². The van der Waals surface area contributed by atoms with Gasteiger partial charge < -0.3 is 11.1 Å². The number of tetrazole rings is 1. The van der Waals surface area contributed by atoms with Gasteiger partial charge in [-0.05, 0) is 23.8 Å². The third-order valence-electron chi connectivity index (χ3n) is 2.51. The van der Waals surface area contributed by atoms with E-state index in [0.717, 1.165) is 5.56 Å². The van der Waals surface area contributed by atoms with Crippen molar-refractivity contribution in [3.05, 3.63) is 24.3 Å². The Bertz CT molecular complexity index is 524. The van der Waals surface area contributed by atoms with Crippen LogP contribution in [0, 0.1) is 0 Å². The first kappa shape index (κ1) is 12.2. The third-order valence-corrected chi connectivity index (χ3v) is 2.51. The van der Waals surface area contributed by atoms with Gasteiger partial charge in [-0.2, -0.15) is 5.21 Å². The number of nitrogens with zero attached hydrogens (tertiary/aromatic N) is 3. The van der Waals surface area contributed by atoms with Gasteiger partial charge in [-0.15, -0.1) is 10.2 Å². The van der Waals surface area contributed by atoms with Crippen LogP contribution in [0.3, 0.4) is 0 Å². The predicted octanol–water partition coefficient (Wildman–Crippen LogP) is 0.542. The molecule has 0 aliphatic rings. The first-order valence-electron chi connectivity index (χ1n) is 5.61.